The molecule has 1 fully saturated rings. The van der Waals surface area contributed by atoms with Crippen LogP contribution in [0.3, 0.4) is 0 Å². The van der Waals surface area contributed by atoms with E-state index in [0.717, 1.165) is 24.6 Å². The van der Waals surface area contributed by atoms with Gasteiger partial charge in [0.1, 0.15) is 11.5 Å². The summed E-state index contributed by atoms with van der Waals surface area (Å²) in [5.41, 5.74) is 0. The van der Waals surface area contributed by atoms with Crippen molar-refractivity contribution in [1.29, 1.82) is 0 Å². The van der Waals surface area contributed by atoms with E-state index in [0.29, 0.717) is 24.8 Å². The fourth-order valence-corrected chi connectivity index (χ4v) is 4.58. The van der Waals surface area contributed by atoms with Crippen molar-refractivity contribution in [2.45, 2.75) is 24.3 Å². The first-order valence-corrected chi connectivity index (χ1v) is 11.5. The average Bonchev–Trinajstić information content (AvgIpc) is 3.14. The number of hydrogen-bond donors (Lipinski definition) is 1. The molecule has 1 aromatic heterocycles. The number of amides is 1. The molecule has 1 aliphatic rings. The van der Waals surface area contributed by atoms with E-state index in [2.05, 4.69) is 10.2 Å². The van der Waals surface area contributed by atoms with Crippen LogP contribution in [0.2, 0.25) is 5.02 Å². The molecule has 0 spiro atoms. The highest BCUT2D eigenvalue weighted by Crippen LogP contribution is 2.23. The number of hydrogen-bond acceptors (Lipinski definition) is 6. The van der Waals surface area contributed by atoms with Crippen molar-refractivity contribution in [2.75, 3.05) is 38.6 Å². The minimum atomic E-state index is -3.54. The van der Waals surface area contributed by atoms with Crippen LogP contribution in [0, 0.1) is 6.92 Å². The topological polar surface area (TPSA) is 88.9 Å². The molecule has 2 aromatic rings. The fourth-order valence-electron chi connectivity index (χ4n) is 3.22. The van der Waals surface area contributed by atoms with E-state index >= 15 is 0 Å². The molecule has 29 heavy (non-hydrogen) atoms. The van der Waals surface area contributed by atoms with E-state index in [1.807, 2.05) is 19.1 Å². The Morgan fingerprint density at radius 3 is 2.48 bits per heavy atom. The third-order valence-corrected chi connectivity index (χ3v) is 6.82. The number of nitrogens with zero attached hydrogens (tertiary/aromatic N) is 1. The second kappa shape index (κ2) is 9.75. The number of ether oxygens (including phenoxy) is 1. The second-order valence-electron chi connectivity index (χ2n) is 6.94. The van der Waals surface area contributed by atoms with E-state index in [1.54, 1.807) is 0 Å². The standard InChI is InChI=1S/C20H25ClN2O5S/c1-15-2-7-19(28-15)18(23-9-11-27-12-10-23)14-22-20(24)8-13-29(25,26)17-5-3-16(21)4-6-17/h2-7,18H,8-14H2,1H3,(H,22,24). The molecule has 1 aromatic carbocycles. The molecular weight excluding hydrogens is 416 g/mol. The van der Waals surface area contributed by atoms with E-state index in [1.165, 1.54) is 24.3 Å². The highest BCUT2D eigenvalue weighted by Gasteiger charge is 2.26. The van der Waals surface area contributed by atoms with Gasteiger partial charge in [-0.2, -0.15) is 0 Å². The van der Waals surface area contributed by atoms with Gasteiger partial charge in [0.15, 0.2) is 9.84 Å². The van der Waals surface area contributed by atoms with Crippen LogP contribution in [0.15, 0.2) is 45.7 Å². The number of aryl methyl sites for hydroxylation is 1. The van der Waals surface area contributed by atoms with Gasteiger partial charge in [0.25, 0.3) is 0 Å². The Bertz CT molecular complexity index is 921. The summed E-state index contributed by atoms with van der Waals surface area (Å²) in [6, 6.07) is 9.62. The lowest BCUT2D eigenvalue weighted by Gasteiger charge is -2.33. The van der Waals surface area contributed by atoms with Crippen LogP contribution >= 0.6 is 11.6 Å². The number of carbonyl (C=O) groups excluding carboxylic acids is 1. The van der Waals surface area contributed by atoms with Gasteiger partial charge in [0.05, 0.1) is 29.9 Å². The molecule has 2 heterocycles. The van der Waals surface area contributed by atoms with Crippen LogP contribution in [0.4, 0.5) is 0 Å². The molecule has 1 amide bonds. The van der Waals surface area contributed by atoms with E-state index in [-0.39, 0.29) is 29.0 Å². The van der Waals surface area contributed by atoms with Crippen molar-refractivity contribution >= 4 is 27.3 Å². The van der Waals surface area contributed by atoms with Crippen molar-refractivity contribution in [2.24, 2.45) is 0 Å². The van der Waals surface area contributed by atoms with Gasteiger partial charge in [-0.25, -0.2) is 8.42 Å². The maximum absolute atomic E-state index is 12.4. The van der Waals surface area contributed by atoms with Crippen LogP contribution in [0.5, 0.6) is 0 Å². The number of nitrogens with one attached hydrogen (secondary N) is 1. The monoisotopic (exact) mass is 440 g/mol. The summed E-state index contributed by atoms with van der Waals surface area (Å²) in [6.45, 7) is 4.95. The van der Waals surface area contributed by atoms with Crippen LogP contribution in [0.1, 0.15) is 24.0 Å². The first kappa shape index (κ1) is 21.8. The third-order valence-electron chi connectivity index (χ3n) is 4.84. The quantitative estimate of drug-likeness (QED) is 0.678. The van der Waals surface area contributed by atoms with Gasteiger partial charge in [-0.05, 0) is 43.3 Å². The zero-order valence-corrected chi connectivity index (χ0v) is 17.8. The van der Waals surface area contributed by atoms with E-state index < -0.39 is 9.84 Å². The van der Waals surface area contributed by atoms with Gasteiger partial charge in [-0.1, -0.05) is 11.6 Å². The lowest BCUT2D eigenvalue weighted by molar-refractivity contribution is -0.121. The van der Waals surface area contributed by atoms with Crippen LogP contribution < -0.4 is 5.32 Å². The second-order valence-corrected chi connectivity index (χ2v) is 9.49. The van der Waals surface area contributed by atoms with Gasteiger partial charge >= 0.3 is 0 Å². The number of morpholine rings is 1. The molecule has 0 saturated carbocycles. The highest BCUT2D eigenvalue weighted by molar-refractivity contribution is 7.91. The molecule has 7 nitrogen and oxygen atoms in total. The maximum atomic E-state index is 12.4. The number of carbonyl (C=O) groups is 1. The van der Waals surface area contributed by atoms with Crippen LogP contribution in [-0.4, -0.2) is 57.8 Å². The predicted octanol–water partition coefficient (Wildman–Crippen LogP) is 2.59. The number of furan rings is 1. The molecule has 0 bridgehead atoms. The fraction of sp³-hybridized carbons (Fsp3) is 0.450. The first-order chi connectivity index (χ1) is 13.8. The molecule has 3 rings (SSSR count). The summed E-state index contributed by atoms with van der Waals surface area (Å²) < 4.78 is 36.0. The summed E-state index contributed by atoms with van der Waals surface area (Å²) in [4.78, 5) is 14.7. The smallest absolute Gasteiger partial charge is 0.221 e. The van der Waals surface area contributed by atoms with E-state index in [9.17, 15) is 13.2 Å². The molecule has 1 aliphatic heterocycles. The summed E-state index contributed by atoms with van der Waals surface area (Å²) in [5, 5.41) is 3.32. The van der Waals surface area contributed by atoms with Crippen molar-refractivity contribution in [3.05, 3.63) is 52.9 Å². The van der Waals surface area contributed by atoms with Gasteiger partial charge in [0, 0.05) is 31.1 Å². The normalized spacial score (nSPS) is 16.5. The largest absolute Gasteiger partial charge is 0.465 e. The predicted molar refractivity (Wildman–Crippen MR) is 110 cm³/mol. The van der Waals surface area contributed by atoms with Gasteiger partial charge < -0.3 is 14.5 Å². The van der Waals surface area contributed by atoms with Crippen molar-refractivity contribution < 1.29 is 22.4 Å². The Balaban J connectivity index is 1.57. The maximum Gasteiger partial charge on any atom is 0.221 e. The van der Waals surface area contributed by atoms with Gasteiger partial charge in [-0.15, -0.1) is 0 Å². The SMILES string of the molecule is Cc1ccc(C(CNC(=O)CCS(=O)(=O)c2ccc(Cl)cc2)N2CCOCC2)o1. The zero-order valence-electron chi connectivity index (χ0n) is 16.3. The molecule has 0 radical (unpaired) electrons. The number of benzene rings is 1. The van der Waals surface area contributed by atoms with Crippen molar-refractivity contribution in [3.63, 3.8) is 0 Å². The lowest BCUT2D eigenvalue weighted by atomic mass is 10.1. The highest BCUT2D eigenvalue weighted by atomic mass is 35.5. The Labute approximate surface area is 175 Å². The van der Waals surface area contributed by atoms with Crippen molar-refractivity contribution in [1.82, 2.24) is 10.2 Å². The summed E-state index contributed by atoms with van der Waals surface area (Å²) in [7, 11) is -3.54. The Kier molecular flexibility index (Phi) is 7.34. The first-order valence-electron chi connectivity index (χ1n) is 9.48. The molecule has 158 valence electrons. The minimum Gasteiger partial charge on any atom is -0.465 e. The van der Waals surface area contributed by atoms with E-state index in [4.69, 9.17) is 20.8 Å². The third kappa shape index (κ3) is 6.05. The Hall–Kier alpha value is -1.87. The zero-order chi connectivity index (χ0) is 20.9. The number of sulfone groups is 1. The number of halogens is 1. The molecule has 1 N–H and O–H groups in total. The van der Waals surface area contributed by atoms with Crippen LogP contribution in [-0.2, 0) is 19.4 Å². The summed E-state index contributed by atoms with van der Waals surface area (Å²) >= 11 is 5.80. The molecule has 1 saturated heterocycles. The van der Waals surface area contributed by atoms with Crippen LogP contribution in [0.25, 0.3) is 0 Å². The number of rotatable bonds is 8. The molecule has 1 unspecified atom stereocenters. The summed E-state index contributed by atoms with van der Waals surface area (Å²) in [6.07, 6.45) is -0.113. The van der Waals surface area contributed by atoms with Crippen molar-refractivity contribution in [3.8, 4) is 0 Å². The summed E-state index contributed by atoms with van der Waals surface area (Å²) in [5.74, 6) is 1.00. The average molecular weight is 441 g/mol. The van der Waals surface area contributed by atoms with Gasteiger partial charge in [-0.3, -0.25) is 9.69 Å². The molecule has 9 heteroatoms. The minimum absolute atomic E-state index is 0.113. The Morgan fingerprint density at radius 1 is 1.17 bits per heavy atom. The molecular formula is C20H25ClN2O5S. The molecule has 0 aliphatic carbocycles. The Morgan fingerprint density at radius 2 is 1.86 bits per heavy atom. The lowest BCUT2D eigenvalue weighted by Crippen LogP contribution is -2.43. The molecule has 1 atom stereocenters. The van der Waals surface area contributed by atoms with Gasteiger partial charge in [0.2, 0.25) is 5.91 Å².